The van der Waals surface area contributed by atoms with Crippen molar-refractivity contribution in [2.24, 2.45) is 5.73 Å². The summed E-state index contributed by atoms with van der Waals surface area (Å²) in [6, 6.07) is 3.71. The maximum atomic E-state index is 11.7. The molecule has 19 heavy (non-hydrogen) atoms. The summed E-state index contributed by atoms with van der Waals surface area (Å²) >= 11 is 1.52. The summed E-state index contributed by atoms with van der Waals surface area (Å²) in [6.45, 7) is 1.56. The molecule has 1 aromatic heterocycles. The topological polar surface area (TPSA) is 75.8 Å². The van der Waals surface area contributed by atoms with Gasteiger partial charge >= 0.3 is 0 Å². The second-order valence-electron chi connectivity index (χ2n) is 4.29. The number of nitrogens with two attached hydrogens (primary N) is 1. The second kappa shape index (κ2) is 7.81. The van der Waals surface area contributed by atoms with Gasteiger partial charge in [0.2, 0.25) is 5.91 Å². The SMILES string of the molecule is Cl.NCC(=O)N1CCOCC1CC(O)c1cccs1. The molecule has 1 aliphatic heterocycles. The van der Waals surface area contributed by atoms with Crippen LogP contribution in [0.2, 0.25) is 0 Å². The van der Waals surface area contributed by atoms with Gasteiger partial charge in [-0.3, -0.25) is 4.79 Å². The molecule has 5 nitrogen and oxygen atoms in total. The first-order chi connectivity index (χ1) is 8.72. The molecule has 2 atom stereocenters. The number of aliphatic hydroxyl groups is 1. The Bertz CT molecular complexity index is 388. The van der Waals surface area contributed by atoms with E-state index in [1.807, 2.05) is 17.5 Å². The van der Waals surface area contributed by atoms with Crippen molar-refractivity contribution in [3.63, 3.8) is 0 Å². The number of rotatable bonds is 4. The van der Waals surface area contributed by atoms with E-state index in [2.05, 4.69) is 0 Å². The molecule has 0 saturated carbocycles. The van der Waals surface area contributed by atoms with E-state index < -0.39 is 6.10 Å². The summed E-state index contributed by atoms with van der Waals surface area (Å²) in [6.07, 6.45) is -0.0588. The number of aliphatic hydroxyl groups excluding tert-OH is 1. The molecule has 0 spiro atoms. The van der Waals surface area contributed by atoms with E-state index in [-0.39, 0.29) is 30.9 Å². The summed E-state index contributed by atoms with van der Waals surface area (Å²) in [4.78, 5) is 14.4. The fourth-order valence-electron chi connectivity index (χ4n) is 2.15. The second-order valence-corrected chi connectivity index (χ2v) is 5.27. The molecule has 3 N–H and O–H groups in total. The van der Waals surface area contributed by atoms with Crippen LogP contribution in [0.25, 0.3) is 0 Å². The Kier molecular flexibility index (Phi) is 6.74. The number of carbonyl (C=O) groups is 1. The van der Waals surface area contributed by atoms with Crippen LogP contribution in [0.3, 0.4) is 0 Å². The fraction of sp³-hybridized carbons (Fsp3) is 0.583. The summed E-state index contributed by atoms with van der Waals surface area (Å²) < 4.78 is 5.38. The van der Waals surface area contributed by atoms with E-state index in [4.69, 9.17) is 10.5 Å². The molecule has 2 unspecified atom stereocenters. The molecule has 0 aliphatic carbocycles. The zero-order valence-corrected chi connectivity index (χ0v) is 12.2. The fourth-order valence-corrected chi connectivity index (χ4v) is 2.88. The summed E-state index contributed by atoms with van der Waals surface area (Å²) in [5.41, 5.74) is 5.40. The molecule has 0 radical (unpaired) electrons. The highest BCUT2D eigenvalue weighted by Gasteiger charge is 2.28. The molecule has 2 heterocycles. The van der Waals surface area contributed by atoms with Crippen molar-refractivity contribution in [3.8, 4) is 0 Å². The number of ether oxygens (including phenoxy) is 1. The Labute approximate surface area is 122 Å². The zero-order valence-electron chi connectivity index (χ0n) is 10.5. The van der Waals surface area contributed by atoms with Gasteiger partial charge in [0.25, 0.3) is 0 Å². The van der Waals surface area contributed by atoms with E-state index in [0.717, 1.165) is 4.88 Å². The Morgan fingerprint density at radius 1 is 1.68 bits per heavy atom. The van der Waals surface area contributed by atoms with Gasteiger partial charge in [0, 0.05) is 17.8 Å². The van der Waals surface area contributed by atoms with Crippen LogP contribution < -0.4 is 5.73 Å². The number of carbonyl (C=O) groups excluding carboxylic acids is 1. The molecule has 0 bridgehead atoms. The molecule has 1 fully saturated rings. The summed E-state index contributed by atoms with van der Waals surface area (Å²) in [5, 5.41) is 12.0. The predicted molar refractivity (Wildman–Crippen MR) is 76.5 cm³/mol. The minimum atomic E-state index is -0.551. The quantitative estimate of drug-likeness (QED) is 0.862. The average Bonchev–Trinajstić information content (AvgIpc) is 2.92. The predicted octanol–water partition coefficient (Wildman–Crippen LogP) is 0.779. The largest absolute Gasteiger partial charge is 0.387 e. The lowest BCUT2D eigenvalue weighted by atomic mass is 10.1. The van der Waals surface area contributed by atoms with Crippen LogP contribution in [0, 0.1) is 0 Å². The van der Waals surface area contributed by atoms with Crippen LogP contribution in [-0.2, 0) is 9.53 Å². The van der Waals surface area contributed by atoms with E-state index in [1.54, 1.807) is 4.90 Å². The van der Waals surface area contributed by atoms with Crippen LogP contribution in [0.15, 0.2) is 17.5 Å². The molecule has 0 aromatic carbocycles. The number of nitrogens with zero attached hydrogens (tertiary/aromatic N) is 1. The van der Waals surface area contributed by atoms with Crippen molar-refractivity contribution < 1.29 is 14.6 Å². The van der Waals surface area contributed by atoms with Gasteiger partial charge in [-0.05, 0) is 11.4 Å². The third-order valence-corrected chi connectivity index (χ3v) is 4.06. The highest BCUT2D eigenvalue weighted by molar-refractivity contribution is 7.10. The van der Waals surface area contributed by atoms with Crippen LogP contribution in [-0.4, -0.2) is 48.3 Å². The first-order valence-corrected chi connectivity index (χ1v) is 6.89. The van der Waals surface area contributed by atoms with Gasteiger partial charge in [-0.15, -0.1) is 23.7 Å². The van der Waals surface area contributed by atoms with Crippen molar-refractivity contribution in [2.45, 2.75) is 18.6 Å². The van der Waals surface area contributed by atoms with Gasteiger partial charge in [-0.25, -0.2) is 0 Å². The molecular formula is C12H19ClN2O3S. The molecule has 1 saturated heterocycles. The third kappa shape index (κ3) is 4.15. The maximum absolute atomic E-state index is 11.7. The molecule has 108 valence electrons. The molecule has 1 aromatic rings. The Morgan fingerprint density at radius 2 is 2.47 bits per heavy atom. The third-order valence-electron chi connectivity index (χ3n) is 3.09. The lowest BCUT2D eigenvalue weighted by molar-refractivity contribution is -0.139. The number of hydrogen-bond donors (Lipinski definition) is 2. The highest BCUT2D eigenvalue weighted by Crippen LogP contribution is 2.25. The van der Waals surface area contributed by atoms with Crippen molar-refractivity contribution >= 4 is 29.7 Å². The van der Waals surface area contributed by atoms with Gasteiger partial charge in [-0.2, -0.15) is 0 Å². The van der Waals surface area contributed by atoms with Gasteiger partial charge in [0.05, 0.1) is 31.9 Å². The van der Waals surface area contributed by atoms with Crippen molar-refractivity contribution in [3.05, 3.63) is 22.4 Å². The number of thiophene rings is 1. The molecule has 2 rings (SSSR count). The van der Waals surface area contributed by atoms with E-state index in [1.165, 1.54) is 11.3 Å². The normalized spacial score (nSPS) is 20.7. The lowest BCUT2D eigenvalue weighted by Gasteiger charge is -2.36. The van der Waals surface area contributed by atoms with E-state index >= 15 is 0 Å². The number of morpholine rings is 1. The van der Waals surface area contributed by atoms with Crippen molar-refractivity contribution in [1.82, 2.24) is 4.90 Å². The molecule has 1 aliphatic rings. The standard InChI is InChI=1S/C12H18N2O3S.ClH/c13-7-12(16)14-3-4-17-8-9(14)6-10(15)11-2-1-5-18-11;/h1-2,5,9-10,15H,3-4,6-8,13H2;1H. The van der Waals surface area contributed by atoms with Crippen LogP contribution in [0.5, 0.6) is 0 Å². The van der Waals surface area contributed by atoms with Crippen LogP contribution in [0.4, 0.5) is 0 Å². The van der Waals surface area contributed by atoms with Gasteiger partial charge in [0.1, 0.15) is 0 Å². The molecule has 1 amide bonds. The van der Waals surface area contributed by atoms with Gasteiger partial charge < -0.3 is 20.5 Å². The first-order valence-electron chi connectivity index (χ1n) is 6.01. The first kappa shape index (κ1) is 16.4. The van der Waals surface area contributed by atoms with Crippen molar-refractivity contribution in [2.75, 3.05) is 26.3 Å². The van der Waals surface area contributed by atoms with Crippen molar-refractivity contribution in [1.29, 1.82) is 0 Å². The zero-order chi connectivity index (χ0) is 13.0. The number of amides is 1. The van der Waals surface area contributed by atoms with E-state index in [9.17, 15) is 9.90 Å². The average molecular weight is 307 g/mol. The number of halogens is 1. The van der Waals surface area contributed by atoms with Gasteiger partial charge in [-0.1, -0.05) is 6.07 Å². The maximum Gasteiger partial charge on any atom is 0.236 e. The Hall–Kier alpha value is -0.660. The highest BCUT2D eigenvalue weighted by atomic mass is 35.5. The van der Waals surface area contributed by atoms with Crippen LogP contribution >= 0.6 is 23.7 Å². The summed E-state index contributed by atoms with van der Waals surface area (Å²) in [5.74, 6) is -0.0818. The minimum absolute atomic E-state index is 0. The monoisotopic (exact) mass is 306 g/mol. The van der Waals surface area contributed by atoms with E-state index in [0.29, 0.717) is 26.2 Å². The summed E-state index contributed by atoms with van der Waals surface area (Å²) in [7, 11) is 0. The smallest absolute Gasteiger partial charge is 0.236 e. The Morgan fingerprint density at radius 3 is 3.11 bits per heavy atom. The van der Waals surface area contributed by atoms with Crippen LogP contribution in [0.1, 0.15) is 17.4 Å². The lowest BCUT2D eigenvalue weighted by Crippen LogP contribution is -2.51. The van der Waals surface area contributed by atoms with Gasteiger partial charge in [0.15, 0.2) is 0 Å². The number of hydrogen-bond acceptors (Lipinski definition) is 5. The molecular weight excluding hydrogens is 288 g/mol. The minimum Gasteiger partial charge on any atom is -0.387 e. The molecule has 7 heteroatoms. The Balaban J connectivity index is 0.00000180.